The number of hydrogen-bond donors (Lipinski definition) is 1. The molecule has 0 bridgehead atoms. The molecule has 2 fully saturated rings. The van der Waals surface area contributed by atoms with Crippen LogP contribution in [-0.4, -0.2) is 36.0 Å². The predicted octanol–water partition coefficient (Wildman–Crippen LogP) is 3.29. The molecule has 1 spiro atoms. The van der Waals surface area contributed by atoms with Gasteiger partial charge in [0.25, 0.3) is 16.1 Å². The zero-order chi connectivity index (χ0) is 20.3. The Morgan fingerprint density at radius 1 is 1.29 bits per heavy atom. The molecule has 2 aromatic rings. The molecule has 2 heterocycles. The number of benzene rings is 1. The van der Waals surface area contributed by atoms with E-state index in [1.54, 1.807) is 0 Å². The van der Waals surface area contributed by atoms with Crippen LogP contribution in [0.5, 0.6) is 0 Å². The van der Waals surface area contributed by atoms with E-state index < -0.39 is 21.9 Å². The van der Waals surface area contributed by atoms with Gasteiger partial charge in [-0.3, -0.25) is 0 Å². The van der Waals surface area contributed by atoms with E-state index >= 15 is 0 Å². The van der Waals surface area contributed by atoms with Crippen LogP contribution in [0.25, 0.3) is 11.5 Å². The first-order valence-electron chi connectivity index (χ1n) is 8.48. The van der Waals surface area contributed by atoms with E-state index in [-0.39, 0.29) is 22.8 Å². The van der Waals surface area contributed by atoms with Gasteiger partial charge in [0.2, 0.25) is 0 Å². The highest BCUT2D eigenvalue weighted by atomic mass is 79.9. The average Bonchev–Trinajstić information content (AvgIpc) is 3.06. The third-order valence-corrected chi connectivity index (χ3v) is 7.12. The van der Waals surface area contributed by atoms with Gasteiger partial charge in [0.05, 0.1) is 11.1 Å². The number of alkyl halides is 3. The van der Waals surface area contributed by atoms with Crippen LogP contribution in [0, 0.1) is 5.41 Å². The van der Waals surface area contributed by atoms with E-state index in [2.05, 4.69) is 26.1 Å². The molecule has 7 nitrogen and oxygen atoms in total. The third-order valence-electron chi connectivity index (χ3n) is 5.54. The van der Waals surface area contributed by atoms with Crippen LogP contribution in [0.3, 0.4) is 0 Å². The summed E-state index contributed by atoms with van der Waals surface area (Å²) in [6.07, 6.45) is -2.60. The van der Waals surface area contributed by atoms with Crippen molar-refractivity contribution in [2.45, 2.75) is 31.4 Å². The van der Waals surface area contributed by atoms with E-state index in [1.807, 2.05) is 0 Å². The van der Waals surface area contributed by atoms with Crippen molar-refractivity contribution < 1.29 is 26.1 Å². The Balaban J connectivity index is 1.56. The van der Waals surface area contributed by atoms with Crippen molar-refractivity contribution >= 4 is 26.1 Å². The molecule has 0 radical (unpaired) electrons. The number of nitrogens with zero attached hydrogens (tertiary/aromatic N) is 3. The van der Waals surface area contributed by atoms with Crippen molar-refractivity contribution in [2.75, 3.05) is 13.1 Å². The number of hydrogen-bond acceptors (Lipinski definition) is 5. The molecule has 152 valence electrons. The minimum atomic E-state index is -4.55. The van der Waals surface area contributed by atoms with Gasteiger partial charge in [-0.15, -0.1) is 0 Å². The summed E-state index contributed by atoms with van der Waals surface area (Å²) in [4.78, 5) is 4.22. The van der Waals surface area contributed by atoms with E-state index in [1.165, 1.54) is 16.4 Å². The van der Waals surface area contributed by atoms with Crippen LogP contribution in [0.2, 0.25) is 0 Å². The summed E-state index contributed by atoms with van der Waals surface area (Å²) < 4.78 is 69.6. The topological polar surface area (TPSA) is 102 Å². The number of nitrogens with two attached hydrogens (primary N) is 1. The van der Waals surface area contributed by atoms with Crippen molar-refractivity contribution in [1.82, 2.24) is 14.4 Å². The lowest BCUT2D eigenvalue weighted by Gasteiger charge is -2.30. The number of halogens is 4. The first-order chi connectivity index (χ1) is 13.0. The second-order valence-electron chi connectivity index (χ2n) is 7.21. The van der Waals surface area contributed by atoms with Gasteiger partial charge in [0, 0.05) is 23.5 Å². The van der Waals surface area contributed by atoms with Gasteiger partial charge < -0.3 is 4.52 Å². The van der Waals surface area contributed by atoms with Crippen molar-refractivity contribution in [1.29, 1.82) is 0 Å². The molecule has 1 aliphatic carbocycles. The molecule has 28 heavy (non-hydrogen) atoms. The molecule has 1 aromatic heterocycles. The minimum absolute atomic E-state index is 0.0610. The Hall–Kier alpha value is -1.50. The highest BCUT2D eigenvalue weighted by molar-refractivity contribution is 9.10. The molecule has 1 aromatic carbocycles. The highest BCUT2D eigenvalue weighted by Crippen LogP contribution is 2.64. The maximum atomic E-state index is 13.3. The van der Waals surface area contributed by atoms with Crippen molar-refractivity contribution in [3.8, 4) is 11.5 Å². The monoisotopic (exact) mass is 480 g/mol. The number of rotatable bonds is 3. The molecule has 1 aliphatic heterocycles. The molecule has 2 aliphatic rings. The van der Waals surface area contributed by atoms with Gasteiger partial charge in [0.15, 0.2) is 5.82 Å². The lowest BCUT2D eigenvalue weighted by Crippen LogP contribution is -2.43. The van der Waals surface area contributed by atoms with Gasteiger partial charge in [-0.2, -0.15) is 30.9 Å². The minimum Gasteiger partial charge on any atom is -0.334 e. The third kappa shape index (κ3) is 3.58. The second kappa shape index (κ2) is 6.51. The molecule has 2 N–H and O–H groups in total. The molecular formula is C16H16BrF3N4O3S. The fourth-order valence-electron chi connectivity index (χ4n) is 3.88. The van der Waals surface area contributed by atoms with Gasteiger partial charge in [0.1, 0.15) is 0 Å². The summed E-state index contributed by atoms with van der Waals surface area (Å²) in [5.74, 6) is 0.105. The first kappa shape index (κ1) is 19.8. The standard InChI is InChI=1S/C16H16BrF3N4O3S/c17-9-1-2-11(16(18,19)20)10(7-9)14-22-13(23-27-14)12-8-15(12)3-5-24(6-4-15)28(21,25)26/h1-2,7,12H,3-6,8H2,(H2,21,25,26)/t12-/m0/s1. The van der Waals surface area contributed by atoms with Gasteiger partial charge in [-0.25, -0.2) is 5.14 Å². The predicted molar refractivity (Wildman–Crippen MR) is 96.1 cm³/mol. The zero-order valence-electron chi connectivity index (χ0n) is 14.4. The molecule has 0 amide bonds. The smallest absolute Gasteiger partial charge is 0.334 e. The summed E-state index contributed by atoms with van der Waals surface area (Å²) in [7, 11) is -3.71. The van der Waals surface area contributed by atoms with E-state index in [0.717, 1.165) is 12.5 Å². The molecule has 12 heteroatoms. The summed E-state index contributed by atoms with van der Waals surface area (Å²) in [5.41, 5.74) is -1.18. The van der Waals surface area contributed by atoms with Crippen LogP contribution in [0.1, 0.15) is 36.6 Å². The molecule has 4 rings (SSSR count). The Bertz CT molecular complexity index is 1020. The van der Waals surface area contributed by atoms with E-state index in [0.29, 0.717) is 36.2 Å². The zero-order valence-corrected chi connectivity index (χ0v) is 16.8. The van der Waals surface area contributed by atoms with Gasteiger partial charge in [-0.1, -0.05) is 21.1 Å². The molecule has 1 saturated heterocycles. The van der Waals surface area contributed by atoms with Crippen molar-refractivity contribution in [3.05, 3.63) is 34.1 Å². The van der Waals surface area contributed by atoms with E-state index in [9.17, 15) is 21.6 Å². The maximum Gasteiger partial charge on any atom is 0.417 e. The van der Waals surface area contributed by atoms with Gasteiger partial charge >= 0.3 is 6.18 Å². The number of piperidine rings is 1. The summed E-state index contributed by atoms with van der Waals surface area (Å²) in [6.45, 7) is 0.619. The molecular weight excluding hydrogens is 465 g/mol. The summed E-state index contributed by atoms with van der Waals surface area (Å²) >= 11 is 3.17. The van der Waals surface area contributed by atoms with Crippen molar-refractivity contribution in [3.63, 3.8) is 0 Å². The van der Waals surface area contributed by atoms with Gasteiger partial charge in [-0.05, 0) is 42.9 Å². The summed E-state index contributed by atoms with van der Waals surface area (Å²) in [6, 6.07) is 3.57. The Kier molecular flexibility index (Phi) is 4.60. The first-order valence-corrected chi connectivity index (χ1v) is 10.8. The normalized spacial score (nSPS) is 22.5. The number of aromatic nitrogens is 2. The maximum absolute atomic E-state index is 13.3. The van der Waals surface area contributed by atoms with Crippen LogP contribution in [0.4, 0.5) is 13.2 Å². The van der Waals surface area contributed by atoms with Crippen LogP contribution in [-0.2, 0) is 16.4 Å². The average molecular weight is 481 g/mol. The highest BCUT2D eigenvalue weighted by Gasteiger charge is 2.58. The largest absolute Gasteiger partial charge is 0.417 e. The lowest BCUT2D eigenvalue weighted by molar-refractivity contribution is -0.137. The fourth-order valence-corrected chi connectivity index (χ4v) is 4.93. The lowest BCUT2D eigenvalue weighted by atomic mass is 9.92. The Labute approximate surface area is 167 Å². The quantitative estimate of drug-likeness (QED) is 0.725. The van der Waals surface area contributed by atoms with Crippen LogP contribution in [0.15, 0.2) is 27.2 Å². The fraction of sp³-hybridized carbons (Fsp3) is 0.500. The molecule has 1 saturated carbocycles. The second-order valence-corrected chi connectivity index (χ2v) is 9.67. The Morgan fingerprint density at radius 2 is 1.96 bits per heavy atom. The summed E-state index contributed by atoms with van der Waals surface area (Å²) in [5, 5.41) is 9.06. The Morgan fingerprint density at radius 3 is 2.57 bits per heavy atom. The SMILES string of the molecule is NS(=O)(=O)N1CCC2(CC1)C[C@H]2c1noc(-c2cc(Br)ccc2C(F)(F)F)n1. The van der Waals surface area contributed by atoms with Crippen molar-refractivity contribution in [2.24, 2.45) is 10.6 Å². The van der Waals surface area contributed by atoms with Crippen LogP contribution >= 0.6 is 15.9 Å². The van der Waals surface area contributed by atoms with Crippen LogP contribution < -0.4 is 5.14 Å². The molecule has 0 unspecified atom stereocenters. The molecule has 1 atom stereocenters. The van der Waals surface area contributed by atoms with E-state index in [4.69, 9.17) is 9.66 Å².